The van der Waals surface area contributed by atoms with Gasteiger partial charge in [0.15, 0.2) is 0 Å². The predicted octanol–water partition coefficient (Wildman–Crippen LogP) is 4.69. The van der Waals surface area contributed by atoms with E-state index in [1.807, 2.05) is 60.7 Å². The number of hydrogen-bond donors (Lipinski definition) is 2. The third-order valence-corrected chi connectivity index (χ3v) is 3.50. The molecule has 3 aromatic rings. The number of para-hydroxylation sites is 1. The number of amides is 1. The summed E-state index contributed by atoms with van der Waals surface area (Å²) >= 11 is 0. The van der Waals surface area contributed by atoms with Gasteiger partial charge >= 0.3 is 0 Å². The molecule has 3 aromatic carbocycles. The van der Waals surface area contributed by atoms with Crippen LogP contribution >= 0.6 is 0 Å². The molecular formula is C20H18N2O2. The molecule has 2 N–H and O–H groups in total. The lowest BCUT2D eigenvalue weighted by molar-refractivity contribution is 0.102. The average molecular weight is 318 g/mol. The normalized spacial score (nSPS) is 10.0. The molecule has 4 nitrogen and oxygen atoms in total. The molecule has 24 heavy (non-hydrogen) atoms. The standard InChI is InChI=1S/C20H18N2O2/c1-24-19-13-17(21-16-10-6-3-7-11-16)12-18(14-19)22-20(23)15-8-4-2-5-9-15/h2-14,21H,1H3,(H,22,23). The van der Waals surface area contributed by atoms with Crippen molar-refractivity contribution in [1.29, 1.82) is 0 Å². The van der Waals surface area contributed by atoms with Gasteiger partial charge in [0.25, 0.3) is 5.91 Å². The summed E-state index contributed by atoms with van der Waals surface area (Å²) in [4.78, 5) is 12.3. The van der Waals surface area contributed by atoms with Crippen LogP contribution in [0.25, 0.3) is 0 Å². The molecule has 0 atom stereocenters. The van der Waals surface area contributed by atoms with Gasteiger partial charge in [-0.05, 0) is 30.3 Å². The van der Waals surface area contributed by atoms with Crippen LogP contribution in [-0.2, 0) is 0 Å². The van der Waals surface area contributed by atoms with Gasteiger partial charge in [-0.1, -0.05) is 36.4 Å². The number of carbonyl (C=O) groups is 1. The molecule has 0 aliphatic carbocycles. The summed E-state index contributed by atoms with van der Waals surface area (Å²) in [7, 11) is 1.60. The second kappa shape index (κ2) is 7.33. The van der Waals surface area contributed by atoms with Crippen LogP contribution in [0.1, 0.15) is 10.4 Å². The lowest BCUT2D eigenvalue weighted by Gasteiger charge is -2.12. The first-order valence-electron chi connectivity index (χ1n) is 7.62. The van der Waals surface area contributed by atoms with E-state index in [1.165, 1.54) is 0 Å². The fourth-order valence-corrected chi connectivity index (χ4v) is 2.34. The lowest BCUT2D eigenvalue weighted by Crippen LogP contribution is -2.11. The first kappa shape index (κ1) is 15.6. The molecule has 120 valence electrons. The van der Waals surface area contributed by atoms with Gasteiger partial charge in [0.2, 0.25) is 0 Å². The first-order chi connectivity index (χ1) is 11.7. The number of carbonyl (C=O) groups excluding carboxylic acids is 1. The zero-order valence-corrected chi connectivity index (χ0v) is 13.3. The van der Waals surface area contributed by atoms with E-state index in [0.29, 0.717) is 17.0 Å². The highest BCUT2D eigenvalue weighted by Gasteiger charge is 2.08. The summed E-state index contributed by atoms with van der Waals surface area (Å²) in [6, 6.07) is 24.5. The molecule has 1 amide bonds. The lowest BCUT2D eigenvalue weighted by atomic mass is 10.2. The molecule has 0 aromatic heterocycles. The Bertz CT molecular complexity index is 818. The molecule has 0 aliphatic rings. The Morgan fingerprint density at radius 3 is 2.08 bits per heavy atom. The molecule has 0 unspecified atom stereocenters. The Kier molecular flexibility index (Phi) is 4.77. The van der Waals surface area contributed by atoms with E-state index >= 15 is 0 Å². The topological polar surface area (TPSA) is 50.4 Å². The zero-order chi connectivity index (χ0) is 16.8. The Balaban J connectivity index is 1.82. The van der Waals surface area contributed by atoms with Gasteiger partial charge in [-0.3, -0.25) is 4.79 Å². The SMILES string of the molecule is COc1cc(NC(=O)c2ccccc2)cc(Nc2ccccc2)c1. The fraction of sp³-hybridized carbons (Fsp3) is 0.0500. The van der Waals surface area contributed by atoms with Gasteiger partial charge in [-0.15, -0.1) is 0 Å². The van der Waals surface area contributed by atoms with Crippen LogP contribution in [0.3, 0.4) is 0 Å². The Morgan fingerprint density at radius 2 is 1.42 bits per heavy atom. The first-order valence-corrected chi connectivity index (χ1v) is 7.62. The number of anilines is 3. The fourth-order valence-electron chi connectivity index (χ4n) is 2.34. The van der Waals surface area contributed by atoms with E-state index in [4.69, 9.17) is 4.74 Å². The quantitative estimate of drug-likeness (QED) is 0.717. The van der Waals surface area contributed by atoms with Crippen molar-refractivity contribution in [3.05, 3.63) is 84.4 Å². The summed E-state index contributed by atoms with van der Waals surface area (Å²) in [6.45, 7) is 0. The minimum absolute atomic E-state index is 0.158. The summed E-state index contributed by atoms with van der Waals surface area (Å²) in [6.07, 6.45) is 0. The van der Waals surface area contributed by atoms with E-state index in [-0.39, 0.29) is 5.91 Å². The molecule has 0 heterocycles. The number of rotatable bonds is 5. The monoisotopic (exact) mass is 318 g/mol. The third kappa shape index (κ3) is 3.93. The second-order valence-electron chi connectivity index (χ2n) is 5.26. The molecule has 4 heteroatoms. The van der Waals surface area contributed by atoms with Crippen LogP contribution in [-0.4, -0.2) is 13.0 Å². The van der Waals surface area contributed by atoms with Crippen LogP contribution in [0.4, 0.5) is 17.1 Å². The maximum atomic E-state index is 12.3. The average Bonchev–Trinajstić information content (AvgIpc) is 2.63. The molecular weight excluding hydrogens is 300 g/mol. The predicted molar refractivity (Wildman–Crippen MR) is 97.1 cm³/mol. The minimum Gasteiger partial charge on any atom is -0.497 e. The van der Waals surface area contributed by atoms with Gasteiger partial charge in [0.05, 0.1) is 7.11 Å². The van der Waals surface area contributed by atoms with Gasteiger partial charge in [-0.2, -0.15) is 0 Å². The van der Waals surface area contributed by atoms with E-state index in [2.05, 4.69) is 10.6 Å². The maximum Gasteiger partial charge on any atom is 0.255 e. The highest BCUT2D eigenvalue weighted by molar-refractivity contribution is 6.04. The minimum atomic E-state index is -0.158. The zero-order valence-electron chi connectivity index (χ0n) is 13.3. The molecule has 3 rings (SSSR count). The summed E-state index contributed by atoms with van der Waals surface area (Å²) in [5.41, 5.74) is 3.08. The van der Waals surface area contributed by atoms with E-state index in [9.17, 15) is 4.79 Å². The maximum absolute atomic E-state index is 12.3. The third-order valence-electron chi connectivity index (χ3n) is 3.50. The number of ether oxygens (including phenoxy) is 1. The van der Waals surface area contributed by atoms with Gasteiger partial charge in [0.1, 0.15) is 5.75 Å². The number of methoxy groups -OCH3 is 1. The number of benzene rings is 3. The van der Waals surface area contributed by atoms with E-state index in [1.54, 1.807) is 25.3 Å². The number of nitrogens with one attached hydrogen (secondary N) is 2. The molecule has 0 saturated carbocycles. The molecule has 0 aliphatic heterocycles. The van der Waals surface area contributed by atoms with Crippen LogP contribution in [0.5, 0.6) is 5.75 Å². The van der Waals surface area contributed by atoms with Crippen molar-refractivity contribution in [1.82, 2.24) is 0 Å². The highest BCUT2D eigenvalue weighted by atomic mass is 16.5. The molecule has 0 saturated heterocycles. The molecule has 0 radical (unpaired) electrons. The van der Waals surface area contributed by atoms with Gasteiger partial charge < -0.3 is 15.4 Å². The van der Waals surface area contributed by atoms with Gasteiger partial charge in [0, 0.05) is 34.8 Å². The second-order valence-corrected chi connectivity index (χ2v) is 5.26. The summed E-state index contributed by atoms with van der Waals surface area (Å²) < 4.78 is 5.33. The Hall–Kier alpha value is -3.27. The van der Waals surface area contributed by atoms with Crippen LogP contribution in [0.15, 0.2) is 78.9 Å². The highest BCUT2D eigenvalue weighted by Crippen LogP contribution is 2.27. The summed E-state index contributed by atoms with van der Waals surface area (Å²) in [5.74, 6) is 0.508. The Morgan fingerprint density at radius 1 is 0.792 bits per heavy atom. The smallest absolute Gasteiger partial charge is 0.255 e. The van der Waals surface area contributed by atoms with Crippen molar-refractivity contribution in [2.24, 2.45) is 0 Å². The van der Waals surface area contributed by atoms with E-state index in [0.717, 1.165) is 11.4 Å². The molecule has 0 spiro atoms. The van der Waals surface area contributed by atoms with Crippen molar-refractivity contribution < 1.29 is 9.53 Å². The van der Waals surface area contributed by atoms with Crippen molar-refractivity contribution in [2.45, 2.75) is 0 Å². The summed E-state index contributed by atoms with van der Waals surface area (Å²) in [5, 5.41) is 6.20. The van der Waals surface area contributed by atoms with E-state index < -0.39 is 0 Å². The largest absolute Gasteiger partial charge is 0.497 e. The van der Waals surface area contributed by atoms with Crippen molar-refractivity contribution in [2.75, 3.05) is 17.7 Å². The van der Waals surface area contributed by atoms with Crippen molar-refractivity contribution in [3.8, 4) is 5.75 Å². The van der Waals surface area contributed by atoms with Gasteiger partial charge in [-0.25, -0.2) is 0 Å². The van der Waals surface area contributed by atoms with Crippen molar-refractivity contribution in [3.63, 3.8) is 0 Å². The van der Waals surface area contributed by atoms with Crippen LogP contribution in [0, 0.1) is 0 Å². The molecule has 0 fully saturated rings. The molecule has 0 bridgehead atoms. The van der Waals surface area contributed by atoms with Crippen LogP contribution < -0.4 is 15.4 Å². The van der Waals surface area contributed by atoms with Crippen molar-refractivity contribution >= 4 is 23.0 Å². The number of hydrogen-bond acceptors (Lipinski definition) is 3. The van der Waals surface area contributed by atoms with Crippen LogP contribution in [0.2, 0.25) is 0 Å². The Labute approximate surface area is 141 Å².